The monoisotopic (exact) mass is 277 g/mol. The Balaban J connectivity index is 2.71. The van der Waals surface area contributed by atoms with Crippen LogP contribution in [-0.4, -0.2) is 5.97 Å². The van der Waals surface area contributed by atoms with E-state index in [4.69, 9.17) is 0 Å². The molecular weight excluding hydrogens is 250 g/mol. The van der Waals surface area contributed by atoms with Gasteiger partial charge < -0.3 is 9.90 Å². The number of aryl methyl sites for hydroxylation is 2. The van der Waals surface area contributed by atoms with E-state index in [2.05, 4.69) is 18.4 Å². The molecule has 0 aliphatic carbocycles. The molecule has 0 saturated carbocycles. The first-order valence-corrected chi connectivity index (χ1v) is 7.89. The lowest BCUT2D eigenvalue weighted by Crippen LogP contribution is -2.42. The molecule has 0 amide bonds. The summed E-state index contributed by atoms with van der Waals surface area (Å²) in [4.78, 5) is 11.0. The number of carboxylic acid groups (broad SMARTS) is 1. The van der Waals surface area contributed by atoms with Gasteiger partial charge in [-0.1, -0.05) is 39.5 Å². The van der Waals surface area contributed by atoms with Gasteiger partial charge in [-0.3, -0.25) is 0 Å². The molecule has 0 bridgehead atoms. The minimum atomic E-state index is -0.992. The SMILES string of the molecule is CCCCCCC[n+]1cccc(CCC)c1CC(=O)[O-]. The molecule has 112 valence electrons. The predicted molar refractivity (Wildman–Crippen MR) is 78.1 cm³/mol. The lowest BCUT2D eigenvalue weighted by molar-refractivity contribution is -0.704. The van der Waals surface area contributed by atoms with Crippen molar-refractivity contribution < 1.29 is 14.5 Å². The van der Waals surface area contributed by atoms with Crippen molar-refractivity contribution in [1.29, 1.82) is 0 Å². The highest BCUT2D eigenvalue weighted by atomic mass is 16.4. The number of unbranched alkanes of at least 4 members (excludes halogenated alkanes) is 4. The molecule has 20 heavy (non-hydrogen) atoms. The molecule has 0 aliphatic heterocycles. The van der Waals surface area contributed by atoms with Gasteiger partial charge in [-0.25, -0.2) is 4.57 Å². The first-order valence-electron chi connectivity index (χ1n) is 7.89. The predicted octanol–water partition coefficient (Wildman–Crippen LogP) is 2.19. The van der Waals surface area contributed by atoms with E-state index in [0.717, 1.165) is 37.1 Å². The van der Waals surface area contributed by atoms with Gasteiger partial charge >= 0.3 is 0 Å². The average Bonchev–Trinajstić information content (AvgIpc) is 2.41. The third-order valence-corrected chi connectivity index (χ3v) is 3.61. The molecule has 3 heteroatoms. The summed E-state index contributed by atoms with van der Waals surface area (Å²) in [5, 5.41) is 11.0. The van der Waals surface area contributed by atoms with E-state index in [9.17, 15) is 9.90 Å². The quantitative estimate of drug-likeness (QED) is 0.486. The Morgan fingerprint density at radius 1 is 1.15 bits per heavy atom. The van der Waals surface area contributed by atoms with Crippen molar-refractivity contribution in [2.45, 2.75) is 71.8 Å². The number of rotatable bonds is 10. The molecule has 0 unspecified atom stereocenters. The number of pyridine rings is 1. The van der Waals surface area contributed by atoms with Crippen molar-refractivity contribution >= 4 is 5.97 Å². The van der Waals surface area contributed by atoms with E-state index in [1.54, 1.807) is 0 Å². The number of hydrogen-bond donors (Lipinski definition) is 0. The first-order chi connectivity index (χ1) is 9.69. The fraction of sp³-hybridized carbons (Fsp3) is 0.647. The van der Waals surface area contributed by atoms with Crippen LogP contribution in [0.4, 0.5) is 0 Å². The molecule has 0 radical (unpaired) electrons. The zero-order valence-corrected chi connectivity index (χ0v) is 12.9. The number of aliphatic carboxylic acids is 1. The number of carboxylic acids is 1. The molecule has 0 saturated heterocycles. The van der Waals surface area contributed by atoms with Crippen LogP contribution in [0.3, 0.4) is 0 Å². The molecule has 0 spiro atoms. The highest BCUT2D eigenvalue weighted by molar-refractivity contribution is 5.67. The van der Waals surface area contributed by atoms with Gasteiger partial charge in [0.05, 0.1) is 12.4 Å². The Morgan fingerprint density at radius 3 is 2.55 bits per heavy atom. The van der Waals surface area contributed by atoms with E-state index in [1.165, 1.54) is 25.7 Å². The second-order valence-electron chi connectivity index (χ2n) is 5.39. The van der Waals surface area contributed by atoms with Crippen molar-refractivity contribution in [3.63, 3.8) is 0 Å². The van der Waals surface area contributed by atoms with Gasteiger partial charge in [0.25, 0.3) is 0 Å². The van der Waals surface area contributed by atoms with Gasteiger partial charge in [0, 0.05) is 18.1 Å². The van der Waals surface area contributed by atoms with Crippen LogP contribution < -0.4 is 9.67 Å². The Kier molecular flexibility index (Phi) is 7.93. The highest BCUT2D eigenvalue weighted by Gasteiger charge is 2.15. The Hall–Kier alpha value is -1.38. The Morgan fingerprint density at radius 2 is 1.90 bits per heavy atom. The third-order valence-electron chi connectivity index (χ3n) is 3.61. The van der Waals surface area contributed by atoms with E-state index in [1.807, 2.05) is 18.3 Å². The average molecular weight is 277 g/mol. The van der Waals surface area contributed by atoms with Crippen molar-refractivity contribution in [1.82, 2.24) is 0 Å². The smallest absolute Gasteiger partial charge is 0.190 e. The van der Waals surface area contributed by atoms with Gasteiger partial charge in [0.15, 0.2) is 11.9 Å². The topological polar surface area (TPSA) is 44.0 Å². The second-order valence-corrected chi connectivity index (χ2v) is 5.39. The van der Waals surface area contributed by atoms with Crippen LogP contribution in [0.1, 0.15) is 63.6 Å². The molecule has 0 N–H and O–H groups in total. The molecular formula is C17H27NO2. The van der Waals surface area contributed by atoms with E-state index in [-0.39, 0.29) is 6.42 Å². The van der Waals surface area contributed by atoms with E-state index >= 15 is 0 Å². The van der Waals surface area contributed by atoms with Crippen molar-refractivity contribution in [2.75, 3.05) is 0 Å². The van der Waals surface area contributed by atoms with Crippen LogP contribution >= 0.6 is 0 Å². The number of hydrogen-bond acceptors (Lipinski definition) is 2. The summed E-state index contributed by atoms with van der Waals surface area (Å²) in [6.07, 6.45) is 10.1. The molecule has 0 fully saturated rings. The van der Waals surface area contributed by atoms with Gasteiger partial charge in [-0.05, 0) is 18.9 Å². The maximum absolute atomic E-state index is 11.0. The summed E-state index contributed by atoms with van der Waals surface area (Å²) >= 11 is 0. The normalized spacial score (nSPS) is 10.7. The van der Waals surface area contributed by atoms with Gasteiger partial charge in [0.2, 0.25) is 0 Å². The van der Waals surface area contributed by atoms with Gasteiger partial charge in [-0.15, -0.1) is 0 Å². The molecule has 1 aromatic heterocycles. The third kappa shape index (κ3) is 5.72. The number of carbonyl (C=O) groups is 1. The minimum absolute atomic E-state index is 0.0190. The molecule has 0 aliphatic rings. The highest BCUT2D eigenvalue weighted by Crippen LogP contribution is 2.09. The van der Waals surface area contributed by atoms with Crippen LogP contribution in [0.15, 0.2) is 18.3 Å². The van der Waals surface area contributed by atoms with Crippen molar-refractivity contribution in [3.8, 4) is 0 Å². The molecule has 0 atom stereocenters. The zero-order chi connectivity index (χ0) is 14.8. The summed E-state index contributed by atoms with van der Waals surface area (Å²) in [5.41, 5.74) is 2.07. The summed E-state index contributed by atoms with van der Waals surface area (Å²) < 4.78 is 2.10. The fourth-order valence-corrected chi connectivity index (χ4v) is 2.58. The lowest BCUT2D eigenvalue weighted by atomic mass is 10.1. The maximum atomic E-state index is 11.0. The maximum Gasteiger partial charge on any atom is 0.190 e. The zero-order valence-electron chi connectivity index (χ0n) is 12.9. The lowest BCUT2D eigenvalue weighted by Gasteiger charge is -2.09. The summed E-state index contributed by atoms with van der Waals surface area (Å²) in [6.45, 7) is 5.23. The second kappa shape index (κ2) is 9.51. The minimum Gasteiger partial charge on any atom is -0.550 e. The molecule has 1 aromatic rings. The van der Waals surface area contributed by atoms with E-state index < -0.39 is 5.97 Å². The van der Waals surface area contributed by atoms with Gasteiger partial charge in [-0.2, -0.15) is 0 Å². The van der Waals surface area contributed by atoms with Crippen LogP contribution in [0, 0.1) is 0 Å². The first kappa shape index (κ1) is 16.7. The molecule has 1 rings (SSSR count). The molecule has 3 nitrogen and oxygen atoms in total. The summed E-state index contributed by atoms with van der Waals surface area (Å²) in [5.74, 6) is -0.992. The van der Waals surface area contributed by atoms with Gasteiger partial charge in [0.1, 0.15) is 6.54 Å². The van der Waals surface area contributed by atoms with Crippen LogP contribution in [0.2, 0.25) is 0 Å². The Bertz CT molecular complexity index is 415. The van der Waals surface area contributed by atoms with E-state index in [0.29, 0.717) is 0 Å². The molecule has 1 heterocycles. The Labute approximate surface area is 122 Å². The number of carbonyl (C=O) groups excluding carboxylic acids is 1. The van der Waals surface area contributed by atoms with Crippen molar-refractivity contribution in [3.05, 3.63) is 29.6 Å². The number of aromatic nitrogens is 1. The van der Waals surface area contributed by atoms with Crippen LogP contribution in [-0.2, 0) is 24.2 Å². The molecule has 0 aromatic carbocycles. The standard InChI is InChI=1S/C17H27NO2/c1-3-5-6-7-8-12-18-13-9-11-15(10-4-2)16(18)14-17(19)20/h9,11,13H,3-8,10,12,14H2,1-2H3. The number of nitrogens with zero attached hydrogens (tertiary/aromatic N) is 1. The van der Waals surface area contributed by atoms with Crippen LogP contribution in [0.5, 0.6) is 0 Å². The van der Waals surface area contributed by atoms with Crippen LogP contribution in [0.25, 0.3) is 0 Å². The summed E-state index contributed by atoms with van der Waals surface area (Å²) in [6, 6.07) is 4.06. The largest absolute Gasteiger partial charge is 0.550 e. The fourth-order valence-electron chi connectivity index (χ4n) is 2.58. The summed E-state index contributed by atoms with van der Waals surface area (Å²) in [7, 11) is 0. The van der Waals surface area contributed by atoms with Crippen molar-refractivity contribution in [2.24, 2.45) is 0 Å².